The van der Waals surface area contributed by atoms with Crippen molar-refractivity contribution >= 4 is 33.7 Å². The number of H-pyrrole nitrogens is 1. The molecule has 0 saturated carbocycles. The number of rotatable bonds is 3. The Morgan fingerprint density at radius 2 is 1.88 bits per heavy atom. The smallest absolute Gasteiger partial charge is 0.292 e. The predicted molar refractivity (Wildman–Crippen MR) is 123 cm³/mol. The van der Waals surface area contributed by atoms with Gasteiger partial charge in [0.25, 0.3) is 5.56 Å². The monoisotopic (exact) mass is 439 g/mol. The molecule has 0 aliphatic rings. The molecule has 0 amide bonds. The van der Waals surface area contributed by atoms with E-state index in [2.05, 4.69) is 16.0 Å². The molecule has 0 bridgehead atoms. The van der Waals surface area contributed by atoms with E-state index in [0.29, 0.717) is 44.2 Å². The van der Waals surface area contributed by atoms with E-state index in [4.69, 9.17) is 26.3 Å². The molecule has 154 valence electrons. The Morgan fingerprint density at radius 3 is 2.69 bits per heavy atom. The molecule has 0 spiro atoms. The van der Waals surface area contributed by atoms with Crippen LogP contribution in [0.5, 0.6) is 5.75 Å². The first-order valence-electron chi connectivity index (χ1n) is 9.61. The van der Waals surface area contributed by atoms with Crippen LogP contribution >= 0.6 is 11.6 Å². The highest BCUT2D eigenvalue weighted by Crippen LogP contribution is 2.35. The number of aromatic amines is 1. The minimum Gasteiger partial charge on any atom is -0.491 e. The third kappa shape index (κ3) is 3.33. The van der Waals surface area contributed by atoms with Crippen molar-refractivity contribution in [2.75, 3.05) is 7.11 Å². The maximum atomic E-state index is 12.2. The van der Waals surface area contributed by atoms with Crippen LogP contribution in [0.25, 0.3) is 44.6 Å². The van der Waals surface area contributed by atoms with Crippen molar-refractivity contribution in [1.82, 2.24) is 19.9 Å². The number of fused-ring (bicyclic) bond motifs is 2. The number of hydrogen-bond donors (Lipinski definition) is 1. The first-order chi connectivity index (χ1) is 15.6. The van der Waals surface area contributed by atoms with E-state index in [1.165, 1.54) is 7.11 Å². The Bertz CT molecular complexity index is 1620. The second-order valence-corrected chi connectivity index (χ2v) is 7.45. The average molecular weight is 440 g/mol. The first kappa shape index (κ1) is 19.7. The Labute approximate surface area is 186 Å². The van der Waals surface area contributed by atoms with Crippen LogP contribution in [0.15, 0.2) is 65.6 Å². The molecule has 0 saturated heterocycles. The van der Waals surface area contributed by atoms with Gasteiger partial charge in [0.2, 0.25) is 0 Å². The summed E-state index contributed by atoms with van der Waals surface area (Å²) in [4.78, 5) is 28.8. The molecule has 2 aromatic carbocycles. The van der Waals surface area contributed by atoms with Gasteiger partial charge in [-0.05, 0) is 30.3 Å². The fourth-order valence-corrected chi connectivity index (χ4v) is 3.85. The predicted octanol–water partition coefficient (Wildman–Crippen LogP) is 4.73. The van der Waals surface area contributed by atoms with Gasteiger partial charge in [0.1, 0.15) is 5.52 Å². The second kappa shape index (κ2) is 7.76. The van der Waals surface area contributed by atoms with Crippen LogP contribution in [0.1, 0.15) is 5.56 Å². The van der Waals surface area contributed by atoms with Crippen molar-refractivity contribution in [2.24, 2.45) is 0 Å². The topological polar surface area (TPSA) is 105 Å². The van der Waals surface area contributed by atoms with Gasteiger partial charge in [-0.3, -0.25) is 9.78 Å². The van der Waals surface area contributed by atoms with Crippen molar-refractivity contribution in [3.8, 4) is 34.3 Å². The van der Waals surface area contributed by atoms with Crippen molar-refractivity contribution in [3.05, 3.63) is 81.7 Å². The van der Waals surface area contributed by atoms with E-state index in [0.717, 1.165) is 10.9 Å². The van der Waals surface area contributed by atoms with Gasteiger partial charge in [0.15, 0.2) is 11.4 Å². The molecular weight excluding hydrogens is 426 g/mol. The summed E-state index contributed by atoms with van der Waals surface area (Å²) in [6.07, 6.45) is 1.69. The van der Waals surface area contributed by atoms with Gasteiger partial charge in [-0.15, -0.1) is 0 Å². The van der Waals surface area contributed by atoms with E-state index < -0.39 is 5.56 Å². The molecule has 5 rings (SSSR count). The molecule has 7 nitrogen and oxygen atoms in total. The number of pyridine rings is 2. The van der Waals surface area contributed by atoms with Gasteiger partial charge in [0, 0.05) is 28.8 Å². The zero-order chi connectivity index (χ0) is 22.2. The van der Waals surface area contributed by atoms with Gasteiger partial charge in [-0.2, -0.15) is 5.26 Å². The first-order valence-corrected chi connectivity index (χ1v) is 9.99. The van der Waals surface area contributed by atoms with E-state index in [9.17, 15) is 10.1 Å². The molecule has 0 unspecified atom stereocenters. The summed E-state index contributed by atoms with van der Waals surface area (Å²) in [5.74, 6) is 0.137. The molecule has 0 aliphatic carbocycles. The number of ether oxygens (including phenoxy) is 1. The molecule has 32 heavy (non-hydrogen) atoms. The summed E-state index contributed by atoms with van der Waals surface area (Å²) in [5.41, 5.74) is 4.01. The lowest BCUT2D eigenvalue weighted by Crippen LogP contribution is -2.10. The van der Waals surface area contributed by atoms with Crippen LogP contribution in [0.2, 0.25) is 5.02 Å². The van der Waals surface area contributed by atoms with Crippen LogP contribution in [0.3, 0.4) is 0 Å². The highest BCUT2D eigenvalue weighted by molar-refractivity contribution is 6.35. The molecule has 1 N–H and O–H groups in total. The Morgan fingerprint density at radius 1 is 1.03 bits per heavy atom. The summed E-state index contributed by atoms with van der Waals surface area (Å²) in [6.45, 7) is 0. The number of benzene rings is 2. The summed E-state index contributed by atoms with van der Waals surface area (Å²) < 4.78 is 5.14. The molecule has 3 aromatic heterocycles. The third-order valence-electron chi connectivity index (χ3n) is 5.06. The average Bonchev–Trinajstić information content (AvgIpc) is 2.83. The fourth-order valence-electron chi connectivity index (χ4n) is 3.57. The van der Waals surface area contributed by atoms with E-state index in [1.54, 1.807) is 36.5 Å². The summed E-state index contributed by atoms with van der Waals surface area (Å²) in [6, 6.07) is 18.2. The lowest BCUT2D eigenvalue weighted by Gasteiger charge is -2.12. The summed E-state index contributed by atoms with van der Waals surface area (Å²) in [5, 5.41) is 10.7. The molecule has 0 fully saturated rings. The Balaban J connectivity index is 1.86. The normalized spacial score (nSPS) is 10.9. The van der Waals surface area contributed by atoms with Crippen molar-refractivity contribution in [2.45, 2.75) is 0 Å². The fraction of sp³-hybridized carbons (Fsp3) is 0.0417. The molecule has 0 radical (unpaired) electrons. The number of halogens is 1. The van der Waals surface area contributed by atoms with Crippen LogP contribution < -0.4 is 10.3 Å². The maximum absolute atomic E-state index is 12.2. The van der Waals surface area contributed by atoms with Crippen molar-refractivity contribution < 1.29 is 4.74 Å². The largest absolute Gasteiger partial charge is 0.491 e. The molecule has 8 heteroatoms. The molecule has 5 aromatic rings. The van der Waals surface area contributed by atoms with Gasteiger partial charge in [-0.1, -0.05) is 29.8 Å². The quantitative estimate of drug-likeness (QED) is 0.435. The van der Waals surface area contributed by atoms with E-state index in [1.807, 2.05) is 24.3 Å². The Kier molecular flexibility index (Phi) is 4.77. The molecule has 3 heterocycles. The van der Waals surface area contributed by atoms with Crippen molar-refractivity contribution in [3.63, 3.8) is 0 Å². The second-order valence-electron chi connectivity index (χ2n) is 7.05. The maximum Gasteiger partial charge on any atom is 0.292 e. The van der Waals surface area contributed by atoms with Crippen LogP contribution in [0, 0.1) is 11.3 Å². The SMILES string of the molecule is COc1cc2nc(-c3cc(Cl)c4ncccc4c3)c(-c3cccc(C#N)c3)nc2[nH]c1=O. The Hall–Kier alpha value is -4.28. The number of aromatic nitrogens is 4. The summed E-state index contributed by atoms with van der Waals surface area (Å²) >= 11 is 6.52. The highest BCUT2D eigenvalue weighted by atomic mass is 35.5. The van der Waals surface area contributed by atoms with Crippen LogP contribution in [0.4, 0.5) is 0 Å². The molecule has 0 atom stereocenters. The van der Waals surface area contributed by atoms with Gasteiger partial charge in [-0.25, -0.2) is 9.97 Å². The minimum atomic E-state index is -0.404. The lowest BCUT2D eigenvalue weighted by atomic mass is 10.0. The van der Waals surface area contributed by atoms with Crippen LogP contribution in [-0.2, 0) is 0 Å². The van der Waals surface area contributed by atoms with E-state index in [-0.39, 0.29) is 5.75 Å². The number of hydrogen-bond acceptors (Lipinski definition) is 6. The lowest BCUT2D eigenvalue weighted by molar-refractivity contribution is 0.409. The van der Waals surface area contributed by atoms with E-state index >= 15 is 0 Å². The number of nitriles is 1. The number of nitrogens with one attached hydrogen (secondary N) is 1. The third-order valence-corrected chi connectivity index (χ3v) is 5.35. The zero-order valence-electron chi connectivity index (χ0n) is 16.8. The number of nitrogens with zero attached hydrogens (tertiary/aromatic N) is 4. The van der Waals surface area contributed by atoms with Gasteiger partial charge >= 0.3 is 0 Å². The highest BCUT2D eigenvalue weighted by Gasteiger charge is 2.17. The number of methoxy groups -OCH3 is 1. The zero-order valence-corrected chi connectivity index (χ0v) is 17.5. The molecule has 0 aliphatic heterocycles. The van der Waals surface area contributed by atoms with Gasteiger partial charge in [0.05, 0.1) is 40.7 Å². The minimum absolute atomic E-state index is 0.137. The molecular formula is C24H14ClN5O2. The standard InChI is InChI=1S/C24H14ClN5O2/c1-32-19-11-18-23(30-24(19)31)29-21(14-5-2-4-13(8-14)12-26)22(28-18)16-9-15-6-3-7-27-20(15)17(25)10-16/h2-11H,1H3,(H,29,30,31). The van der Waals surface area contributed by atoms with Crippen LogP contribution in [-0.4, -0.2) is 27.0 Å². The van der Waals surface area contributed by atoms with Gasteiger partial charge < -0.3 is 9.72 Å². The summed E-state index contributed by atoms with van der Waals surface area (Å²) in [7, 11) is 1.42. The van der Waals surface area contributed by atoms with Crippen molar-refractivity contribution in [1.29, 1.82) is 5.26 Å².